The Morgan fingerprint density at radius 2 is 1.79 bits per heavy atom. The van der Waals surface area contributed by atoms with Gasteiger partial charge in [-0.15, -0.1) is 0 Å². The van der Waals surface area contributed by atoms with Crippen molar-refractivity contribution >= 4 is 44.7 Å². The molecule has 0 saturated carbocycles. The van der Waals surface area contributed by atoms with Crippen molar-refractivity contribution in [3.63, 3.8) is 0 Å². The molecule has 1 atom stereocenters. The standard InChI is InChI=1S/C30H31N3O7S2/c1-30(2,42-41-21-11-9-16(13-31-21)33-40-4)14-32-29(38)15-8-10-17-19(12-15)27(36)23-24(25(17)34)28(37)22-18(26(23)35)6-5-7-20(22)39-3/h5-7,9,11,13,15,33-34,36H,8,10,12,14H2,1-4H3,(H,32,38)/t15-/m0/s1. The average Bonchev–Trinajstić information content (AvgIpc) is 2.99. The van der Waals surface area contributed by atoms with Crippen LogP contribution in [0, 0.1) is 5.92 Å². The maximum absolute atomic E-state index is 13.4. The van der Waals surface area contributed by atoms with Gasteiger partial charge in [0, 0.05) is 33.9 Å². The third-order valence-corrected chi connectivity index (χ3v) is 10.6. The largest absolute Gasteiger partial charge is 0.507 e. The normalized spacial score (nSPS) is 15.9. The summed E-state index contributed by atoms with van der Waals surface area (Å²) in [6, 6.07) is 8.39. The van der Waals surface area contributed by atoms with E-state index in [2.05, 4.69) is 15.8 Å². The number of carbonyl (C=O) groups is 3. The molecule has 1 amide bonds. The predicted molar refractivity (Wildman–Crippen MR) is 161 cm³/mol. The molecule has 5 rings (SSSR count). The van der Waals surface area contributed by atoms with Gasteiger partial charge in [-0.3, -0.25) is 24.7 Å². The third kappa shape index (κ3) is 5.53. The highest BCUT2D eigenvalue weighted by Gasteiger charge is 2.41. The zero-order valence-electron chi connectivity index (χ0n) is 23.6. The van der Waals surface area contributed by atoms with E-state index in [4.69, 9.17) is 9.57 Å². The fraction of sp³-hybridized carbons (Fsp3) is 0.333. The number of fused-ring (bicyclic) bond motifs is 3. The van der Waals surface area contributed by atoms with Crippen molar-refractivity contribution in [1.29, 1.82) is 0 Å². The second-order valence-electron chi connectivity index (χ2n) is 10.7. The Morgan fingerprint density at radius 3 is 2.48 bits per heavy atom. The van der Waals surface area contributed by atoms with Crippen molar-refractivity contribution < 1.29 is 34.2 Å². The third-order valence-electron chi connectivity index (χ3n) is 7.39. The molecule has 220 valence electrons. The summed E-state index contributed by atoms with van der Waals surface area (Å²) in [5.41, 5.74) is 3.90. The number of hydrogen-bond donors (Lipinski definition) is 4. The second kappa shape index (κ2) is 11.9. The molecule has 2 aliphatic carbocycles. The number of phenols is 2. The maximum Gasteiger partial charge on any atom is 0.223 e. The van der Waals surface area contributed by atoms with Crippen molar-refractivity contribution in [1.82, 2.24) is 10.3 Å². The summed E-state index contributed by atoms with van der Waals surface area (Å²) in [6.45, 7) is 4.43. The van der Waals surface area contributed by atoms with E-state index in [1.54, 1.807) is 29.1 Å². The number of ketones is 2. The van der Waals surface area contributed by atoms with Crippen molar-refractivity contribution in [2.45, 2.75) is 42.9 Å². The van der Waals surface area contributed by atoms with Gasteiger partial charge < -0.3 is 20.3 Å². The number of amides is 1. The van der Waals surface area contributed by atoms with Crippen LogP contribution in [0.4, 0.5) is 5.69 Å². The molecule has 12 heteroatoms. The maximum atomic E-state index is 13.4. The Kier molecular flexibility index (Phi) is 8.40. The van der Waals surface area contributed by atoms with Crippen LogP contribution in [0.15, 0.2) is 41.6 Å². The molecule has 0 unspecified atom stereocenters. The number of carbonyl (C=O) groups excluding carboxylic acids is 3. The Bertz CT molecular complexity index is 1570. The lowest BCUT2D eigenvalue weighted by molar-refractivity contribution is -0.125. The highest BCUT2D eigenvalue weighted by atomic mass is 33.1. The number of methoxy groups -OCH3 is 1. The van der Waals surface area contributed by atoms with Crippen molar-refractivity contribution in [2.24, 2.45) is 5.92 Å². The SMILES string of the molecule is CONc1ccc(SSC(C)(C)CNC(=O)[C@H]2CCc3c(O)c4c(c(O)c3C2)C(=O)c2cccc(OC)c2C4=O)nc1. The molecule has 2 aliphatic rings. The van der Waals surface area contributed by atoms with E-state index in [1.807, 2.05) is 26.0 Å². The lowest BCUT2D eigenvalue weighted by atomic mass is 9.75. The molecule has 4 N–H and O–H groups in total. The minimum atomic E-state index is -0.581. The van der Waals surface area contributed by atoms with E-state index >= 15 is 0 Å². The smallest absolute Gasteiger partial charge is 0.223 e. The van der Waals surface area contributed by atoms with E-state index in [1.165, 1.54) is 31.1 Å². The first-order valence-corrected chi connectivity index (χ1v) is 15.5. The quantitative estimate of drug-likeness (QED) is 0.119. The van der Waals surface area contributed by atoms with E-state index in [-0.39, 0.29) is 63.0 Å². The number of nitrogens with zero attached hydrogens (tertiary/aromatic N) is 1. The Balaban J connectivity index is 1.29. The monoisotopic (exact) mass is 609 g/mol. The second-order valence-corrected chi connectivity index (χ2v) is 13.6. The lowest BCUT2D eigenvalue weighted by Gasteiger charge is -2.30. The average molecular weight is 610 g/mol. The van der Waals surface area contributed by atoms with Gasteiger partial charge in [0.1, 0.15) is 22.3 Å². The first-order valence-electron chi connectivity index (χ1n) is 13.3. The van der Waals surface area contributed by atoms with Crippen LogP contribution in [0.5, 0.6) is 17.2 Å². The van der Waals surface area contributed by atoms with Gasteiger partial charge in [-0.05, 0) is 62.1 Å². The van der Waals surface area contributed by atoms with Crippen LogP contribution in [0.1, 0.15) is 63.2 Å². The van der Waals surface area contributed by atoms with Gasteiger partial charge in [0.2, 0.25) is 11.7 Å². The van der Waals surface area contributed by atoms with Crippen LogP contribution >= 0.6 is 21.6 Å². The van der Waals surface area contributed by atoms with Gasteiger partial charge in [-0.2, -0.15) is 0 Å². The van der Waals surface area contributed by atoms with Crippen LogP contribution in [-0.4, -0.2) is 58.2 Å². The molecule has 0 saturated heterocycles. The molecule has 10 nitrogen and oxygen atoms in total. The molecule has 0 radical (unpaired) electrons. The molecule has 0 spiro atoms. The van der Waals surface area contributed by atoms with Crippen LogP contribution in [0.2, 0.25) is 0 Å². The Labute approximate surface area is 250 Å². The van der Waals surface area contributed by atoms with E-state index in [0.29, 0.717) is 24.1 Å². The number of benzene rings is 2. The molecule has 0 bridgehead atoms. The topological polar surface area (TPSA) is 147 Å². The molecular formula is C30H31N3O7S2. The molecule has 0 aliphatic heterocycles. The minimum absolute atomic E-state index is 0.0646. The number of anilines is 1. The first-order chi connectivity index (χ1) is 20.1. The van der Waals surface area contributed by atoms with Gasteiger partial charge in [0.25, 0.3) is 0 Å². The zero-order chi connectivity index (χ0) is 30.2. The summed E-state index contributed by atoms with van der Waals surface area (Å²) in [5, 5.41) is 26.3. The molecule has 1 aromatic heterocycles. The highest BCUT2D eigenvalue weighted by Crippen LogP contribution is 2.47. The molecule has 0 fully saturated rings. The summed E-state index contributed by atoms with van der Waals surface area (Å²) in [4.78, 5) is 49.4. The lowest BCUT2D eigenvalue weighted by Crippen LogP contribution is -2.40. The highest BCUT2D eigenvalue weighted by molar-refractivity contribution is 8.77. The fourth-order valence-corrected chi connectivity index (χ4v) is 7.33. The Hall–Kier alpha value is -3.74. The Morgan fingerprint density at radius 1 is 1.05 bits per heavy atom. The van der Waals surface area contributed by atoms with Gasteiger partial charge in [0.05, 0.1) is 42.8 Å². The van der Waals surface area contributed by atoms with Gasteiger partial charge >= 0.3 is 0 Å². The number of aromatic hydroxyl groups is 2. The van der Waals surface area contributed by atoms with E-state index < -0.39 is 17.5 Å². The van der Waals surface area contributed by atoms with Crippen molar-refractivity contribution in [3.8, 4) is 17.2 Å². The van der Waals surface area contributed by atoms with Crippen LogP contribution in [0.3, 0.4) is 0 Å². The molecular weight excluding hydrogens is 578 g/mol. The number of nitrogens with one attached hydrogen (secondary N) is 2. The summed E-state index contributed by atoms with van der Waals surface area (Å²) in [6.07, 6.45) is 2.49. The number of ether oxygens (including phenoxy) is 1. The van der Waals surface area contributed by atoms with E-state index in [0.717, 1.165) is 10.7 Å². The number of hydrogen-bond acceptors (Lipinski definition) is 11. The van der Waals surface area contributed by atoms with Crippen LogP contribution < -0.4 is 15.5 Å². The first kappa shape index (κ1) is 29.7. The van der Waals surface area contributed by atoms with Crippen molar-refractivity contribution in [3.05, 3.63) is 69.9 Å². The number of rotatable bonds is 9. The van der Waals surface area contributed by atoms with E-state index in [9.17, 15) is 24.6 Å². The molecule has 3 aromatic rings. The predicted octanol–water partition coefficient (Wildman–Crippen LogP) is 4.69. The minimum Gasteiger partial charge on any atom is -0.507 e. The van der Waals surface area contributed by atoms with Crippen molar-refractivity contribution in [2.75, 3.05) is 26.2 Å². The van der Waals surface area contributed by atoms with Gasteiger partial charge in [0.15, 0.2) is 5.78 Å². The summed E-state index contributed by atoms with van der Waals surface area (Å²) in [5.74, 6) is -2.26. The van der Waals surface area contributed by atoms with Gasteiger partial charge in [-0.25, -0.2) is 4.98 Å². The summed E-state index contributed by atoms with van der Waals surface area (Å²) < 4.78 is 4.97. The van der Waals surface area contributed by atoms with Crippen LogP contribution in [-0.2, 0) is 22.5 Å². The van der Waals surface area contributed by atoms with Crippen LogP contribution in [0.25, 0.3) is 0 Å². The number of aromatic nitrogens is 1. The molecule has 2 aromatic carbocycles. The number of phenolic OH excluding ortho intramolecular Hbond substituents is 2. The fourth-order valence-electron chi connectivity index (χ4n) is 5.27. The van der Waals surface area contributed by atoms with Gasteiger partial charge in [-0.1, -0.05) is 22.9 Å². The zero-order valence-corrected chi connectivity index (χ0v) is 25.2. The summed E-state index contributed by atoms with van der Waals surface area (Å²) >= 11 is 0. The summed E-state index contributed by atoms with van der Waals surface area (Å²) in [7, 11) is 6.01. The molecule has 42 heavy (non-hydrogen) atoms. The number of pyridine rings is 1. The molecule has 1 heterocycles.